The molecular formula is C19H20ClN5O2. The van der Waals surface area contributed by atoms with E-state index in [1.165, 1.54) is 12.8 Å². The number of carbonyl (C=O) groups excluding carboxylic acids is 1. The van der Waals surface area contributed by atoms with E-state index in [0.717, 1.165) is 16.9 Å². The molecule has 0 radical (unpaired) electrons. The van der Waals surface area contributed by atoms with Gasteiger partial charge in [-0.2, -0.15) is 10.2 Å². The molecule has 1 aliphatic rings. The summed E-state index contributed by atoms with van der Waals surface area (Å²) < 4.78 is 6.91. The molecule has 1 aliphatic carbocycles. The SMILES string of the molecule is COc1cc(Cl)cc(-n2cc(C(C)C(=O)Nc3cc(C4CC4)[nH]n3)cn2)c1. The molecule has 1 fully saturated rings. The minimum absolute atomic E-state index is 0.132. The number of aromatic nitrogens is 4. The Hall–Kier alpha value is -2.80. The zero-order valence-electron chi connectivity index (χ0n) is 15.1. The summed E-state index contributed by atoms with van der Waals surface area (Å²) in [5, 5.41) is 14.9. The summed E-state index contributed by atoms with van der Waals surface area (Å²) >= 11 is 6.12. The fourth-order valence-corrected chi connectivity index (χ4v) is 3.11. The molecule has 140 valence electrons. The Morgan fingerprint density at radius 1 is 1.37 bits per heavy atom. The second kappa shape index (κ2) is 7.08. The van der Waals surface area contributed by atoms with Gasteiger partial charge in [-0.15, -0.1) is 0 Å². The quantitative estimate of drug-likeness (QED) is 0.674. The maximum atomic E-state index is 12.6. The molecule has 4 rings (SSSR count). The maximum Gasteiger partial charge on any atom is 0.232 e. The fraction of sp³-hybridized carbons (Fsp3) is 0.316. The first-order valence-electron chi connectivity index (χ1n) is 8.79. The summed E-state index contributed by atoms with van der Waals surface area (Å²) in [5.74, 6) is 1.26. The molecule has 0 saturated heterocycles. The van der Waals surface area contributed by atoms with Crippen molar-refractivity contribution in [2.45, 2.75) is 31.6 Å². The standard InChI is InChI=1S/C19H20ClN5O2/c1-11(19(26)22-18-8-17(23-24-18)12-3-4-12)13-9-21-25(10-13)15-5-14(20)6-16(7-15)27-2/h5-12H,3-4H2,1-2H3,(H2,22,23,24,26). The lowest BCUT2D eigenvalue weighted by Gasteiger charge is -2.09. The van der Waals surface area contributed by atoms with E-state index in [1.54, 1.807) is 30.1 Å². The van der Waals surface area contributed by atoms with Gasteiger partial charge in [0.25, 0.3) is 0 Å². The van der Waals surface area contributed by atoms with Gasteiger partial charge in [0.1, 0.15) is 5.75 Å². The van der Waals surface area contributed by atoms with Crippen LogP contribution in [-0.4, -0.2) is 33.0 Å². The van der Waals surface area contributed by atoms with Gasteiger partial charge in [0, 0.05) is 40.5 Å². The van der Waals surface area contributed by atoms with Crippen LogP contribution in [0.4, 0.5) is 5.82 Å². The molecule has 2 N–H and O–H groups in total. The van der Waals surface area contributed by atoms with Crippen molar-refractivity contribution in [2.24, 2.45) is 0 Å². The van der Waals surface area contributed by atoms with E-state index in [-0.39, 0.29) is 11.8 Å². The van der Waals surface area contributed by atoms with Crippen LogP contribution < -0.4 is 10.1 Å². The average molecular weight is 386 g/mol. The third-order valence-corrected chi connectivity index (χ3v) is 4.94. The smallest absolute Gasteiger partial charge is 0.232 e. The van der Waals surface area contributed by atoms with Crippen molar-refractivity contribution in [2.75, 3.05) is 12.4 Å². The zero-order valence-corrected chi connectivity index (χ0v) is 15.8. The third-order valence-electron chi connectivity index (χ3n) is 4.72. The predicted molar refractivity (Wildman–Crippen MR) is 103 cm³/mol. The van der Waals surface area contributed by atoms with Gasteiger partial charge in [0.2, 0.25) is 5.91 Å². The minimum Gasteiger partial charge on any atom is -0.497 e. The number of benzene rings is 1. The molecule has 7 nitrogen and oxygen atoms in total. The Morgan fingerprint density at radius 2 is 2.19 bits per heavy atom. The fourth-order valence-electron chi connectivity index (χ4n) is 2.89. The molecule has 27 heavy (non-hydrogen) atoms. The van der Waals surface area contributed by atoms with Crippen molar-refractivity contribution in [3.63, 3.8) is 0 Å². The van der Waals surface area contributed by atoms with Crippen molar-refractivity contribution < 1.29 is 9.53 Å². The largest absolute Gasteiger partial charge is 0.497 e. The van der Waals surface area contributed by atoms with Crippen molar-refractivity contribution in [3.8, 4) is 11.4 Å². The lowest BCUT2D eigenvalue weighted by Crippen LogP contribution is -2.18. The van der Waals surface area contributed by atoms with Crippen LogP contribution in [0.15, 0.2) is 36.7 Å². The van der Waals surface area contributed by atoms with Crippen LogP contribution in [-0.2, 0) is 4.79 Å². The number of anilines is 1. The number of amides is 1. The normalized spacial score (nSPS) is 14.8. The highest BCUT2D eigenvalue weighted by molar-refractivity contribution is 6.30. The van der Waals surface area contributed by atoms with E-state index in [2.05, 4.69) is 20.6 Å². The van der Waals surface area contributed by atoms with Gasteiger partial charge in [-0.05, 0) is 31.9 Å². The predicted octanol–water partition coefficient (Wildman–Crippen LogP) is 3.88. The van der Waals surface area contributed by atoms with E-state index in [0.29, 0.717) is 22.5 Å². The second-order valence-electron chi connectivity index (χ2n) is 6.76. The van der Waals surface area contributed by atoms with Crippen LogP contribution in [0.2, 0.25) is 5.02 Å². The highest BCUT2D eigenvalue weighted by atomic mass is 35.5. The van der Waals surface area contributed by atoms with Gasteiger partial charge < -0.3 is 10.1 Å². The Kier molecular flexibility index (Phi) is 4.61. The number of nitrogens with zero attached hydrogens (tertiary/aromatic N) is 3. The summed E-state index contributed by atoms with van der Waals surface area (Å²) in [4.78, 5) is 12.6. The third kappa shape index (κ3) is 3.83. The van der Waals surface area contributed by atoms with Gasteiger partial charge in [0.05, 0.1) is 24.9 Å². The highest BCUT2D eigenvalue weighted by Gasteiger charge is 2.26. The van der Waals surface area contributed by atoms with Crippen LogP contribution in [0.1, 0.15) is 42.9 Å². The Balaban J connectivity index is 1.48. The van der Waals surface area contributed by atoms with Crippen LogP contribution in [0.5, 0.6) is 5.75 Å². The number of aromatic amines is 1. The molecule has 1 amide bonds. The Labute approximate surface area is 161 Å². The lowest BCUT2D eigenvalue weighted by atomic mass is 10.0. The van der Waals surface area contributed by atoms with Gasteiger partial charge in [-0.25, -0.2) is 4.68 Å². The highest BCUT2D eigenvalue weighted by Crippen LogP contribution is 2.39. The molecule has 1 atom stereocenters. The molecule has 2 aromatic heterocycles. The summed E-state index contributed by atoms with van der Waals surface area (Å²) in [6, 6.07) is 7.25. The number of methoxy groups -OCH3 is 1. The van der Waals surface area contributed by atoms with E-state index in [9.17, 15) is 4.79 Å². The summed E-state index contributed by atoms with van der Waals surface area (Å²) in [5.41, 5.74) is 2.64. The molecule has 0 aliphatic heterocycles. The molecule has 8 heteroatoms. The van der Waals surface area contributed by atoms with E-state index >= 15 is 0 Å². The first-order valence-corrected chi connectivity index (χ1v) is 9.17. The van der Waals surface area contributed by atoms with Crippen LogP contribution in [0, 0.1) is 0 Å². The first kappa shape index (κ1) is 17.6. The summed E-state index contributed by atoms with van der Waals surface area (Å²) in [6.45, 7) is 1.84. The van der Waals surface area contributed by atoms with Gasteiger partial charge in [-0.1, -0.05) is 11.6 Å². The van der Waals surface area contributed by atoms with Gasteiger partial charge >= 0.3 is 0 Å². The van der Waals surface area contributed by atoms with E-state index in [4.69, 9.17) is 16.3 Å². The van der Waals surface area contributed by atoms with Crippen LogP contribution in [0.3, 0.4) is 0 Å². The molecule has 3 aromatic rings. The van der Waals surface area contributed by atoms with Crippen LogP contribution in [0.25, 0.3) is 5.69 Å². The van der Waals surface area contributed by atoms with Crippen molar-refractivity contribution in [3.05, 3.63) is 52.9 Å². The maximum absolute atomic E-state index is 12.6. The molecule has 0 spiro atoms. The monoisotopic (exact) mass is 385 g/mol. The van der Waals surface area contributed by atoms with Crippen molar-refractivity contribution >= 4 is 23.3 Å². The van der Waals surface area contributed by atoms with Gasteiger partial charge in [0.15, 0.2) is 5.82 Å². The number of carbonyl (C=O) groups is 1. The number of ether oxygens (including phenoxy) is 1. The molecular weight excluding hydrogens is 366 g/mol. The number of halogens is 1. The van der Waals surface area contributed by atoms with Crippen LogP contribution >= 0.6 is 11.6 Å². The topological polar surface area (TPSA) is 84.8 Å². The summed E-state index contributed by atoms with van der Waals surface area (Å²) in [7, 11) is 1.58. The number of nitrogens with one attached hydrogen (secondary N) is 2. The second-order valence-corrected chi connectivity index (χ2v) is 7.20. The Bertz CT molecular complexity index is 976. The number of hydrogen-bond donors (Lipinski definition) is 2. The molecule has 1 unspecified atom stereocenters. The zero-order chi connectivity index (χ0) is 19.0. The minimum atomic E-state index is -0.374. The number of rotatable bonds is 6. The summed E-state index contributed by atoms with van der Waals surface area (Å²) in [6.07, 6.45) is 5.85. The average Bonchev–Trinajstić information content (AvgIpc) is 3.20. The Morgan fingerprint density at radius 3 is 2.93 bits per heavy atom. The molecule has 1 saturated carbocycles. The first-order chi connectivity index (χ1) is 13.0. The van der Waals surface area contributed by atoms with Crippen molar-refractivity contribution in [1.82, 2.24) is 20.0 Å². The number of hydrogen-bond acceptors (Lipinski definition) is 4. The molecule has 0 bridgehead atoms. The van der Waals surface area contributed by atoms with E-state index in [1.807, 2.05) is 25.3 Å². The molecule has 1 aromatic carbocycles. The number of H-pyrrole nitrogens is 1. The lowest BCUT2D eigenvalue weighted by molar-refractivity contribution is -0.117. The van der Waals surface area contributed by atoms with E-state index < -0.39 is 0 Å². The van der Waals surface area contributed by atoms with Gasteiger partial charge in [-0.3, -0.25) is 9.89 Å². The van der Waals surface area contributed by atoms with Crippen molar-refractivity contribution in [1.29, 1.82) is 0 Å². The molecule has 2 heterocycles.